The number of benzene rings is 1. The molecule has 1 aromatic rings. The number of Topliss-reactive ketones (excluding diaryl/α,β-unsaturated/α-hetero) is 1. The van der Waals surface area contributed by atoms with Crippen molar-refractivity contribution in [2.75, 3.05) is 26.3 Å². The maximum Gasteiger partial charge on any atom is 0.309 e. The number of fused-ring (bicyclic) bond motifs is 7. The molecule has 7 aliphatic rings. The second-order valence-corrected chi connectivity index (χ2v) is 25.3. The fourth-order valence-electron chi connectivity index (χ4n) is 15.9. The van der Waals surface area contributed by atoms with Crippen LogP contribution >= 0.6 is 11.6 Å². The maximum absolute atomic E-state index is 14.3. The Labute approximate surface area is 398 Å². The molecule has 11 nitrogen and oxygen atoms in total. The minimum Gasteiger partial charge on any atom is -0.487 e. The van der Waals surface area contributed by atoms with Crippen LogP contribution in [-0.4, -0.2) is 84.0 Å². The zero-order chi connectivity index (χ0) is 48.2. The molecule has 1 amide bonds. The molecule has 0 aromatic heterocycles. The van der Waals surface area contributed by atoms with Gasteiger partial charge in [-0.1, -0.05) is 79.5 Å². The van der Waals surface area contributed by atoms with Crippen LogP contribution in [0.5, 0.6) is 5.75 Å². The van der Waals surface area contributed by atoms with Crippen LogP contribution in [0, 0.1) is 68.0 Å². The highest BCUT2D eigenvalue weighted by Crippen LogP contribution is 2.77. The van der Waals surface area contributed by atoms with Gasteiger partial charge >= 0.3 is 11.9 Å². The second-order valence-electron chi connectivity index (χ2n) is 24.9. The Hall–Kier alpha value is -2.99. The van der Waals surface area contributed by atoms with Crippen molar-refractivity contribution in [1.29, 1.82) is 0 Å². The average molecular weight is 936 g/mol. The summed E-state index contributed by atoms with van der Waals surface area (Å²) in [6, 6.07) is 5.05. The smallest absolute Gasteiger partial charge is 0.309 e. The standard InChI is InChI=1S/C54H79ClN2O9/c1-30(2)43-37(58)26-54(41(59)27-56-29-48(3,4)57-45(60)33-13-12-31(55)24-38(33)65-32-18-23-64-28-32)22-21-52(10)34(44(43)54)14-15-40-51(9)19-17-42(50(7,8)39(51)16-20-53(40,52)11)66-47(63)36-25-35(46(61)62)49(36,5)6/h12-13,24,30,32,34-36,39-42,56,59H,14-23,25-29H2,1-11H3,(H,57,60)(H,61,62)/t32-,34-,35+,36-,39+,40-,41+,42+,51+,52-,53-,54+/m1/s1. The number of carbonyl (C=O) groups is 4. The van der Waals surface area contributed by atoms with E-state index in [2.05, 4.69) is 59.1 Å². The van der Waals surface area contributed by atoms with Gasteiger partial charge in [0.15, 0.2) is 5.78 Å². The predicted octanol–water partition coefficient (Wildman–Crippen LogP) is 9.61. The Balaban J connectivity index is 0.969. The van der Waals surface area contributed by atoms with Crippen LogP contribution in [-0.2, 0) is 23.9 Å². The van der Waals surface area contributed by atoms with E-state index >= 15 is 0 Å². The van der Waals surface area contributed by atoms with Crippen LogP contribution < -0.4 is 15.4 Å². The molecule has 8 rings (SSSR count). The molecular formula is C54H79ClN2O9. The first kappa shape index (κ1) is 49.4. The summed E-state index contributed by atoms with van der Waals surface area (Å²) < 4.78 is 18.1. The van der Waals surface area contributed by atoms with Gasteiger partial charge in [-0.15, -0.1) is 0 Å². The molecule has 0 bridgehead atoms. The van der Waals surface area contributed by atoms with Crippen LogP contribution in [0.3, 0.4) is 0 Å². The number of hydrogen-bond acceptors (Lipinski definition) is 9. The lowest BCUT2D eigenvalue weighted by Gasteiger charge is -2.72. The molecule has 5 saturated carbocycles. The maximum atomic E-state index is 14.3. The number of ketones is 1. The van der Waals surface area contributed by atoms with E-state index in [9.17, 15) is 29.4 Å². The number of halogens is 1. The number of carboxylic acids is 1. The Kier molecular flexibility index (Phi) is 12.8. The average Bonchev–Trinajstić information content (AvgIpc) is 3.84. The van der Waals surface area contributed by atoms with E-state index in [1.54, 1.807) is 18.2 Å². The lowest BCUT2D eigenvalue weighted by Crippen LogP contribution is -2.66. The number of rotatable bonds is 13. The number of amides is 1. The number of hydrogen-bond donors (Lipinski definition) is 4. The van der Waals surface area contributed by atoms with Crippen LogP contribution in [0.15, 0.2) is 29.3 Å². The fourth-order valence-corrected chi connectivity index (χ4v) is 16.1. The monoisotopic (exact) mass is 935 g/mol. The summed E-state index contributed by atoms with van der Waals surface area (Å²) in [5, 5.41) is 29.4. The first-order chi connectivity index (χ1) is 30.7. The number of ether oxygens (including phenoxy) is 3. The van der Waals surface area contributed by atoms with Crippen molar-refractivity contribution in [3.8, 4) is 5.75 Å². The Morgan fingerprint density at radius 3 is 2.29 bits per heavy atom. The van der Waals surface area contributed by atoms with Gasteiger partial charge in [0.1, 0.15) is 18.0 Å². The summed E-state index contributed by atoms with van der Waals surface area (Å²) in [6.45, 7) is 25.9. The fraction of sp³-hybridized carbons (Fsp3) is 0.778. The normalized spacial score (nSPS) is 38.3. The summed E-state index contributed by atoms with van der Waals surface area (Å²) in [5.41, 5.74) is 0.325. The molecule has 0 radical (unpaired) electrons. The number of aliphatic carboxylic acids is 1. The molecule has 1 aliphatic heterocycles. The van der Waals surface area contributed by atoms with Crippen LogP contribution in [0.4, 0.5) is 0 Å². The predicted molar refractivity (Wildman–Crippen MR) is 254 cm³/mol. The minimum absolute atomic E-state index is 0.000744. The van der Waals surface area contributed by atoms with Crippen molar-refractivity contribution >= 4 is 35.2 Å². The van der Waals surface area contributed by atoms with E-state index in [4.69, 9.17) is 25.8 Å². The van der Waals surface area contributed by atoms with Crippen LogP contribution in [0.1, 0.15) is 157 Å². The van der Waals surface area contributed by atoms with E-state index in [0.717, 1.165) is 63.4 Å². The molecule has 0 spiro atoms. The van der Waals surface area contributed by atoms with E-state index in [0.29, 0.717) is 67.3 Å². The number of carboxylic acid groups (broad SMARTS) is 1. The number of carbonyl (C=O) groups excluding carboxylic acids is 3. The highest BCUT2D eigenvalue weighted by atomic mass is 35.5. The third-order valence-corrected chi connectivity index (χ3v) is 20.1. The Morgan fingerprint density at radius 1 is 0.909 bits per heavy atom. The van der Waals surface area contributed by atoms with Gasteiger partial charge in [-0.2, -0.15) is 0 Å². The lowest BCUT2D eigenvalue weighted by molar-refractivity contribution is -0.238. The first-order valence-electron chi connectivity index (χ1n) is 25.2. The molecule has 1 aromatic carbocycles. The number of allylic oxidation sites excluding steroid dienone is 1. The molecule has 1 saturated heterocycles. The van der Waals surface area contributed by atoms with Gasteiger partial charge in [0, 0.05) is 47.3 Å². The third kappa shape index (κ3) is 7.88. The van der Waals surface area contributed by atoms with Gasteiger partial charge in [-0.25, -0.2) is 0 Å². The van der Waals surface area contributed by atoms with Crippen LogP contribution in [0.2, 0.25) is 5.02 Å². The highest BCUT2D eigenvalue weighted by molar-refractivity contribution is 6.30. The number of nitrogens with one attached hydrogen (secondary N) is 2. The number of esters is 1. The summed E-state index contributed by atoms with van der Waals surface area (Å²) in [6.07, 6.45) is 7.83. The largest absolute Gasteiger partial charge is 0.487 e. The van der Waals surface area contributed by atoms with Crippen molar-refractivity contribution in [2.24, 2.45) is 68.0 Å². The molecule has 4 N–H and O–H groups in total. The zero-order valence-electron chi connectivity index (χ0n) is 41.7. The van der Waals surface area contributed by atoms with Gasteiger partial charge in [-0.3, -0.25) is 19.2 Å². The van der Waals surface area contributed by atoms with Gasteiger partial charge < -0.3 is 35.1 Å². The Bertz CT molecular complexity index is 2140. The molecule has 6 aliphatic carbocycles. The van der Waals surface area contributed by atoms with Gasteiger partial charge in [0.2, 0.25) is 0 Å². The van der Waals surface area contributed by atoms with E-state index in [1.165, 1.54) is 5.57 Å². The number of aliphatic hydroxyl groups is 1. The zero-order valence-corrected chi connectivity index (χ0v) is 42.4. The van der Waals surface area contributed by atoms with Gasteiger partial charge in [0.25, 0.3) is 5.91 Å². The topological polar surface area (TPSA) is 160 Å². The first-order valence-corrected chi connectivity index (χ1v) is 25.6. The van der Waals surface area contributed by atoms with E-state index in [-0.39, 0.29) is 63.4 Å². The van der Waals surface area contributed by atoms with Gasteiger partial charge in [0.05, 0.1) is 36.7 Å². The lowest BCUT2D eigenvalue weighted by atomic mass is 9.33. The van der Waals surface area contributed by atoms with Crippen molar-refractivity contribution in [3.63, 3.8) is 0 Å². The molecule has 12 atom stereocenters. The molecular weight excluding hydrogens is 856 g/mol. The SMILES string of the molecule is CC(C)C1=C2[C@H]3CC[C@@H]4[C@@]5(C)CC[C@H](OC(=O)[C@H]6C[C@@H](C(=O)O)C6(C)C)C(C)(C)[C@@H]5CC[C@@]4(C)[C@]3(C)CC[C@@]2([C@@H](O)CNCC(C)(C)NC(=O)c2ccc(Cl)cc2O[C@@H]2CCOC2)CC1=O. The van der Waals surface area contributed by atoms with E-state index in [1.807, 2.05) is 27.7 Å². The molecule has 12 heteroatoms. The van der Waals surface area contributed by atoms with Crippen molar-refractivity contribution < 1.29 is 43.6 Å². The summed E-state index contributed by atoms with van der Waals surface area (Å²) in [4.78, 5) is 53.6. The molecule has 366 valence electrons. The Morgan fingerprint density at radius 2 is 1.64 bits per heavy atom. The molecule has 0 unspecified atom stereocenters. The molecule has 1 heterocycles. The summed E-state index contributed by atoms with van der Waals surface area (Å²) in [5.74, 6) is -0.646. The summed E-state index contributed by atoms with van der Waals surface area (Å²) in [7, 11) is 0. The van der Waals surface area contributed by atoms with Gasteiger partial charge in [-0.05, 0) is 141 Å². The van der Waals surface area contributed by atoms with Crippen molar-refractivity contribution in [2.45, 2.75) is 171 Å². The van der Waals surface area contributed by atoms with E-state index < -0.39 is 40.3 Å². The van der Waals surface area contributed by atoms with Crippen LogP contribution in [0.25, 0.3) is 0 Å². The van der Waals surface area contributed by atoms with Crippen molar-refractivity contribution in [1.82, 2.24) is 10.6 Å². The summed E-state index contributed by atoms with van der Waals surface area (Å²) >= 11 is 6.32. The molecule has 66 heavy (non-hydrogen) atoms. The molecule has 6 fully saturated rings. The number of aliphatic hydroxyl groups excluding tert-OH is 1. The third-order valence-electron chi connectivity index (χ3n) is 19.9. The second kappa shape index (κ2) is 17.2. The minimum atomic E-state index is -0.842. The quantitative estimate of drug-likeness (QED) is 0.140. The van der Waals surface area contributed by atoms with Crippen molar-refractivity contribution in [3.05, 3.63) is 39.9 Å². The highest BCUT2D eigenvalue weighted by Gasteiger charge is 2.71.